The van der Waals surface area contributed by atoms with E-state index in [1.807, 2.05) is 0 Å². The molecule has 0 amide bonds. The molecule has 0 aromatic heterocycles. The van der Waals surface area contributed by atoms with Crippen LogP contribution in [0.3, 0.4) is 0 Å². The number of fused-ring (bicyclic) bond motifs is 5. The van der Waals surface area contributed by atoms with Crippen LogP contribution >= 0.6 is 0 Å². The van der Waals surface area contributed by atoms with Gasteiger partial charge in [0, 0.05) is 30.9 Å². The first-order valence-electron chi connectivity index (χ1n) is 21.9. The van der Waals surface area contributed by atoms with E-state index < -0.39 is 128 Å². The van der Waals surface area contributed by atoms with E-state index in [-0.39, 0.29) is 48.2 Å². The molecule has 0 unspecified atom stereocenters. The van der Waals surface area contributed by atoms with E-state index in [4.69, 9.17) is 37.9 Å². The Hall–Kier alpha value is -1.47. The van der Waals surface area contributed by atoms with Crippen LogP contribution in [0.1, 0.15) is 72.1 Å². The zero-order valence-electron chi connectivity index (χ0n) is 35.1. The molecular weight excluding hydrogens is 808 g/mol. The number of carbonyl (C=O) groups is 1. The highest BCUT2D eigenvalue weighted by molar-refractivity contribution is 5.85. The van der Waals surface area contributed by atoms with Gasteiger partial charge in [0.25, 0.3) is 0 Å². The summed E-state index contributed by atoms with van der Waals surface area (Å²) in [6.45, 7) is 5.01. The molecule has 19 heteroatoms. The molecule has 10 N–H and O–H groups in total. The van der Waals surface area contributed by atoms with Gasteiger partial charge in [-0.1, -0.05) is 13.8 Å². The molecule has 348 valence electrons. The van der Waals surface area contributed by atoms with Gasteiger partial charge in [-0.2, -0.15) is 0 Å². The second-order valence-corrected chi connectivity index (χ2v) is 19.5. The lowest BCUT2D eigenvalue weighted by Gasteiger charge is -2.63. The van der Waals surface area contributed by atoms with Crippen LogP contribution in [0.5, 0.6) is 0 Å². The highest BCUT2D eigenvalue weighted by atomic mass is 16.8. The highest BCUT2D eigenvalue weighted by Crippen LogP contribution is 2.70. The fourth-order valence-corrected chi connectivity index (χ4v) is 13.0. The summed E-state index contributed by atoms with van der Waals surface area (Å²) in [6.07, 6.45) is -15.1. The van der Waals surface area contributed by atoms with Crippen molar-refractivity contribution in [2.45, 2.75) is 182 Å². The van der Waals surface area contributed by atoms with Crippen molar-refractivity contribution in [3.05, 3.63) is 11.6 Å². The first-order valence-corrected chi connectivity index (χ1v) is 21.9. The number of hydrogen-bond acceptors (Lipinski definition) is 19. The average molecular weight is 875 g/mol. The fourth-order valence-electron chi connectivity index (χ4n) is 13.0. The summed E-state index contributed by atoms with van der Waals surface area (Å²) >= 11 is 0. The van der Waals surface area contributed by atoms with Gasteiger partial charge in [0.2, 0.25) is 0 Å². The van der Waals surface area contributed by atoms with Crippen LogP contribution in [-0.4, -0.2) is 194 Å². The summed E-state index contributed by atoms with van der Waals surface area (Å²) < 4.78 is 46.5. The van der Waals surface area contributed by atoms with E-state index in [9.17, 15) is 55.9 Å². The molecule has 4 saturated carbocycles. The van der Waals surface area contributed by atoms with Crippen LogP contribution < -0.4 is 0 Å². The first kappa shape index (κ1) is 46.1. The molecule has 4 aliphatic heterocycles. The third kappa shape index (κ3) is 7.73. The molecule has 8 aliphatic rings. The quantitative estimate of drug-likeness (QED) is 0.0818. The summed E-state index contributed by atoms with van der Waals surface area (Å²) in [5.74, 6) is -0.235. The van der Waals surface area contributed by atoms with Gasteiger partial charge >= 0.3 is 5.97 Å². The van der Waals surface area contributed by atoms with E-state index in [2.05, 4.69) is 13.8 Å². The number of esters is 1. The standard InChI is InChI=1S/C42H66O19/c1-17-35(61-38-33(51)31(49)29(47)25(60-38)16-56-37-32(50)30(48)28(46)24(14-43)59-37)36(54-4)34(52)39(57-17)58-20-7-9-40(2)19(12-20)5-6-22-21(40)8-10-41(3)27(18-11-26(45)55-15-18)23(44)13-42(22,41)53/h11,17,19-25,27-39,43-44,46-53H,5-10,12-16H2,1-4H3/t17-,19-,20+,21+,22-,23+,24-,25-,27+,28-,29-,30+,31+,32-,33-,34-,35+,36-,37-,38+,39+,40+,41-,42+/m1/s1. The molecule has 3 saturated heterocycles. The van der Waals surface area contributed by atoms with Crippen LogP contribution in [0.4, 0.5) is 0 Å². The Kier molecular flexibility index (Phi) is 13.1. The molecule has 4 heterocycles. The van der Waals surface area contributed by atoms with Gasteiger partial charge in [-0.25, -0.2) is 4.79 Å². The number of methoxy groups -OCH3 is 1. The van der Waals surface area contributed by atoms with Crippen molar-refractivity contribution in [1.82, 2.24) is 0 Å². The van der Waals surface area contributed by atoms with Crippen LogP contribution in [-0.2, 0) is 42.7 Å². The van der Waals surface area contributed by atoms with Crippen LogP contribution in [0.2, 0.25) is 0 Å². The molecule has 4 aliphatic carbocycles. The van der Waals surface area contributed by atoms with Gasteiger partial charge in [0.05, 0.1) is 37.1 Å². The Morgan fingerprint density at radius 2 is 1.43 bits per heavy atom. The van der Waals surface area contributed by atoms with E-state index >= 15 is 0 Å². The summed E-state index contributed by atoms with van der Waals surface area (Å²) in [4.78, 5) is 12.0. The van der Waals surface area contributed by atoms with Crippen molar-refractivity contribution in [3.8, 4) is 0 Å². The molecule has 0 spiro atoms. The topological polar surface area (TPSA) is 293 Å². The van der Waals surface area contributed by atoms with E-state index in [1.54, 1.807) is 6.92 Å². The third-order valence-electron chi connectivity index (χ3n) is 16.5. The fraction of sp³-hybridized carbons (Fsp3) is 0.929. The Labute approximate surface area is 354 Å². The smallest absolute Gasteiger partial charge is 0.331 e. The number of rotatable bonds is 10. The number of ether oxygens (including phenoxy) is 8. The number of hydrogen-bond donors (Lipinski definition) is 10. The molecule has 19 nitrogen and oxygen atoms in total. The lowest BCUT2D eigenvalue weighted by molar-refractivity contribution is -0.367. The second-order valence-electron chi connectivity index (χ2n) is 19.5. The summed E-state index contributed by atoms with van der Waals surface area (Å²) in [5.41, 5.74) is -0.986. The van der Waals surface area contributed by atoms with Crippen LogP contribution in [0.15, 0.2) is 11.6 Å². The van der Waals surface area contributed by atoms with Crippen LogP contribution in [0.25, 0.3) is 0 Å². The molecule has 0 radical (unpaired) electrons. The predicted molar refractivity (Wildman–Crippen MR) is 204 cm³/mol. The van der Waals surface area contributed by atoms with Crippen molar-refractivity contribution >= 4 is 5.97 Å². The van der Waals surface area contributed by atoms with Gasteiger partial charge in [-0.05, 0) is 80.6 Å². The summed E-state index contributed by atoms with van der Waals surface area (Å²) in [7, 11) is 1.38. The number of aliphatic hydroxyl groups is 10. The van der Waals surface area contributed by atoms with Gasteiger partial charge in [0.15, 0.2) is 18.9 Å². The Morgan fingerprint density at radius 3 is 2.10 bits per heavy atom. The molecule has 0 aromatic carbocycles. The van der Waals surface area contributed by atoms with E-state index in [0.29, 0.717) is 6.42 Å². The number of cyclic esters (lactones) is 1. The highest BCUT2D eigenvalue weighted by Gasteiger charge is 2.70. The maximum absolute atomic E-state index is 12.6. The third-order valence-corrected chi connectivity index (χ3v) is 16.5. The van der Waals surface area contributed by atoms with Crippen LogP contribution in [0, 0.1) is 34.5 Å². The minimum absolute atomic E-state index is 0.00622. The summed E-state index contributed by atoms with van der Waals surface area (Å²) in [5, 5.41) is 108. The molecule has 7 fully saturated rings. The SMILES string of the molecule is CO[C@@H]1[C@@H](O)[C@H](O[C@H]2CC[C@@]3(C)[C@H](CC[C@@H]4[C@@H]3CC[C@]3(C)[C@@H](C5=CC(=O)OC5)[C@@H](O)C[C@]43O)C2)O[C@H](C)[C@@H]1O[C@@H]1O[C@H](CO[C@@H]2O[C@H](CO)[C@@H](O)[C@H](O)[C@H]2O)[C@@H](O)[C@H](O)[C@H]1O. The van der Waals surface area contributed by atoms with Crippen molar-refractivity contribution in [2.75, 3.05) is 26.9 Å². The number of aliphatic hydroxyl groups excluding tert-OH is 9. The zero-order chi connectivity index (χ0) is 43.9. The monoisotopic (exact) mass is 874 g/mol. The van der Waals surface area contributed by atoms with Gasteiger partial charge in [0.1, 0.15) is 73.8 Å². The van der Waals surface area contributed by atoms with E-state index in [0.717, 1.165) is 44.1 Å². The lowest BCUT2D eigenvalue weighted by Crippen LogP contribution is -2.65. The minimum Gasteiger partial charge on any atom is -0.458 e. The molecule has 0 aromatic rings. The second kappa shape index (κ2) is 17.4. The predicted octanol–water partition coefficient (Wildman–Crippen LogP) is -2.27. The largest absolute Gasteiger partial charge is 0.458 e. The Balaban J connectivity index is 0.880. The Morgan fingerprint density at radius 1 is 0.754 bits per heavy atom. The van der Waals surface area contributed by atoms with Crippen molar-refractivity contribution < 1.29 is 93.8 Å². The zero-order valence-corrected chi connectivity index (χ0v) is 35.1. The number of carbonyl (C=O) groups excluding carboxylic acids is 1. The van der Waals surface area contributed by atoms with Crippen molar-refractivity contribution in [1.29, 1.82) is 0 Å². The normalized spacial score (nSPS) is 55.0. The Bertz CT molecular complexity index is 1600. The molecular formula is C42H66O19. The lowest BCUT2D eigenvalue weighted by atomic mass is 9.43. The minimum atomic E-state index is -1.78. The van der Waals surface area contributed by atoms with Gasteiger partial charge in [-0.3, -0.25) is 0 Å². The van der Waals surface area contributed by atoms with E-state index in [1.165, 1.54) is 13.2 Å². The first-order chi connectivity index (χ1) is 28.9. The van der Waals surface area contributed by atoms with Crippen molar-refractivity contribution in [2.24, 2.45) is 34.5 Å². The molecule has 24 atom stereocenters. The molecule has 61 heavy (non-hydrogen) atoms. The maximum Gasteiger partial charge on any atom is 0.331 e. The maximum atomic E-state index is 12.6. The van der Waals surface area contributed by atoms with Crippen molar-refractivity contribution in [3.63, 3.8) is 0 Å². The summed E-state index contributed by atoms with van der Waals surface area (Å²) in [6, 6.07) is 0. The van der Waals surface area contributed by atoms with Gasteiger partial charge in [-0.15, -0.1) is 0 Å². The van der Waals surface area contributed by atoms with Gasteiger partial charge < -0.3 is 89.0 Å². The molecule has 0 bridgehead atoms. The average Bonchev–Trinajstić information content (AvgIpc) is 3.74. The molecule has 8 rings (SSSR count).